The molecule has 14 heavy (non-hydrogen) atoms. The highest BCUT2D eigenvalue weighted by Crippen LogP contribution is 2.38. The molecule has 0 radical (unpaired) electrons. The quantitative estimate of drug-likeness (QED) is 0.736. The Labute approximate surface area is 83.9 Å². The molecule has 0 N–H and O–H groups in total. The fourth-order valence-electron chi connectivity index (χ4n) is 1.22. The van der Waals surface area contributed by atoms with Crippen LogP contribution in [0.5, 0.6) is 17.2 Å². The van der Waals surface area contributed by atoms with Gasteiger partial charge in [0.05, 0.1) is 21.3 Å². The zero-order chi connectivity index (χ0) is 10.6. The van der Waals surface area contributed by atoms with Crippen molar-refractivity contribution in [3.05, 3.63) is 24.3 Å². The molecule has 0 spiro atoms. The lowest BCUT2D eigenvalue weighted by Crippen LogP contribution is -1.95. The van der Waals surface area contributed by atoms with Gasteiger partial charge in [0, 0.05) is 0 Å². The van der Waals surface area contributed by atoms with Gasteiger partial charge in [-0.25, -0.2) is 0 Å². The minimum Gasteiger partial charge on any atom is -0.493 e. The van der Waals surface area contributed by atoms with E-state index in [1.807, 2.05) is 12.1 Å². The molecule has 3 heteroatoms. The van der Waals surface area contributed by atoms with E-state index in [0.29, 0.717) is 17.2 Å². The third-order valence-electron chi connectivity index (χ3n) is 1.92. The zero-order valence-corrected chi connectivity index (χ0v) is 8.66. The average molecular weight is 194 g/mol. The largest absolute Gasteiger partial charge is 0.493 e. The van der Waals surface area contributed by atoms with Crippen LogP contribution >= 0.6 is 0 Å². The minimum absolute atomic E-state index is 0.598. The van der Waals surface area contributed by atoms with E-state index in [1.165, 1.54) is 0 Å². The SMILES string of the molecule is C=Cc1cc(OC)c(OC)c(OC)c1. The Bertz CT molecular complexity index is 306. The van der Waals surface area contributed by atoms with Crippen molar-refractivity contribution in [1.29, 1.82) is 0 Å². The summed E-state index contributed by atoms with van der Waals surface area (Å²) in [6.45, 7) is 3.69. The van der Waals surface area contributed by atoms with Crippen molar-refractivity contribution < 1.29 is 14.2 Å². The molecule has 1 aromatic rings. The monoisotopic (exact) mass is 194 g/mol. The first-order valence-corrected chi connectivity index (χ1v) is 4.19. The molecule has 0 saturated carbocycles. The molecular weight excluding hydrogens is 180 g/mol. The molecule has 0 unspecified atom stereocenters. The predicted octanol–water partition coefficient (Wildman–Crippen LogP) is 2.36. The molecule has 0 heterocycles. The number of hydrogen-bond acceptors (Lipinski definition) is 3. The maximum atomic E-state index is 5.17. The molecule has 0 aliphatic rings. The molecule has 0 aromatic heterocycles. The first-order valence-electron chi connectivity index (χ1n) is 4.19. The molecule has 0 aliphatic carbocycles. The van der Waals surface area contributed by atoms with Crippen molar-refractivity contribution >= 4 is 6.08 Å². The van der Waals surface area contributed by atoms with E-state index < -0.39 is 0 Å². The van der Waals surface area contributed by atoms with Gasteiger partial charge in [-0.1, -0.05) is 12.7 Å². The van der Waals surface area contributed by atoms with Gasteiger partial charge >= 0.3 is 0 Å². The number of hydrogen-bond donors (Lipinski definition) is 0. The van der Waals surface area contributed by atoms with Crippen LogP contribution in [0, 0.1) is 0 Å². The first kappa shape index (κ1) is 10.4. The Morgan fingerprint density at radius 3 is 1.79 bits per heavy atom. The molecule has 0 aliphatic heterocycles. The van der Waals surface area contributed by atoms with Crippen molar-refractivity contribution in [2.75, 3.05) is 21.3 Å². The maximum Gasteiger partial charge on any atom is 0.203 e. The standard InChI is InChI=1S/C11H14O3/c1-5-8-6-9(12-2)11(14-4)10(7-8)13-3/h5-7H,1H2,2-4H3. The van der Waals surface area contributed by atoms with Crippen LogP contribution < -0.4 is 14.2 Å². The smallest absolute Gasteiger partial charge is 0.203 e. The summed E-state index contributed by atoms with van der Waals surface area (Å²) < 4.78 is 15.5. The summed E-state index contributed by atoms with van der Waals surface area (Å²) in [6, 6.07) is 3.68. The van der Waals surface area contributed by atoms with Crippen LogP contribution in [0.2, 0.25) is 0 Å². The van der Waals surface area contributed by atoms with E-state index in [1.54, 1.807) is 27.4 Å². The molecule has 1 aromatic carbocycles. The van der Waals surface area contributed by atoms with Gasteiger partial charge in [-0.2, -0.15) is 0 Å². The highest BCUT2D eigenvalue weighted by atomic mass is 16.5. The second kappa shape index (κ2) is 4.56. The molecule has 0 atom stereocenters. The van der Waals surface area contributed by atoms with Gasteiger partial charge in [-0.15, -0.1) is 0 Å². The average Bonchev–Trinajstić information content (AvgIpc) is 2.26. The molecule has 0 bridgehead atoms. The van der Waals surface area contributed by atoms with Crippen LogP contribution in [0.1, 0.15) is 5.56 Å². The third kappa shape index (κ3) is 1.82. The Morgan fingerprint density at radius 2 is 1.50 bits per heavy atom. The summed E-state index contributed by atoms with van der Waals surface area (Å²) in [5.41, 5.74) is 0.930. The number of methoxy groups -OCH3 is 3. The molecule has 0 amide bonds. The van der Waals surface area contributed by atoms with Crippen LogP contribution in [0.25, 0.3) is 6.08 Å². The highest BCUT2D eigenvalue weighted by molar-refractivity contribution is 5.61. The maximum absolute atomic E-state index is 5.17. The van der Waals surface area contributed by atoms with Crippen molar-refractivity contribution in [1.82, 2.24) is 0 Å². The minimum atomic E-state index is 0.598. The molecular formula is C11H14O3. The summed E-state index contributed by atoms with van der Waals surface area (Å²) >= 11 is 0. The van der Waals surface area contributed by atoms with Crippen molar-refractivity contribution in [3.63, 3.8) is 0 Å². The van der Waals surface area contributed by atoms with E-state index in [4.69, 9.17) is 14.2 Å². The number of ether oxygens (including phenoxy) is 3. The Kier molecular flexibility index (Phi) is 3.40. The van der Waals surface area contributed by atoms with Gasteiger partial charge in [0.15, 0.2) is 11.5 Å². The van der Waals surface area contributed by atoms with Gasteiger partial charge in [0.1, 0.15) is 0 Å². The molecule has 0 fully saturated rings. The van der Waals surface area contributed by atoms with Gasteiger partial charge in [-0.05, 0) is 17.7 Å². The lowest BCUT2D eigenvalue weighted by molar-refractivity contribution is 0.324. The Morgan fingerprint density at radius 1 is 1.00 bits per heavy atom. The Balaban J connectivity index is 3.31. The highest BCUT2D eigenvalue weighted by Gasteiger charge is 2.11. The van der Waals surface area contributed by atoms with E-state index in [9.17, 15) is 0 Å². The fraction of sp³-hybridized carbons (Fsp3) is 0.273. The van der Waals surface area contributed by atoms with Gasteiger partial charge in [0.25, 0.3) is 0 Å². The van der Waals surface area contributed by atoms with E-state index in [2.05, 4.69) is 6.58 Å². The molecule has 1 rings (SSSR count). The Hall–Kier alpha value is -1.64. The summed E-state index contributed by atoms with van der Waals surface area (Å²) in [5.74, 6) is 1.88. The number of rotatable bonds is 4. The second-order valence-corrected chi connectivity index (χ2v) is 2.66. The number of benzene rings is 1. The van der Waals surface area contributed by atoms with Crippen LogP contribution in [0.4, 0.5) is 0 Å². The molecule has 3 nitrogen and oxygen atoms in total. The van der Waals surface area contributed by atoms with Crippen LogP contribution in [0.15, 0.2) is 18.7 Å². The van der Waals surface area contributed by atoms with Gasteiger partial charge in [-0.3, -0.25) is 0 Å². The summed E-state index contributed by atoms with van der Waals surface area (Å²) in [4.78, 5) is 0. The topological polar surface area (TPSA) is 27.7 Å². The first-order chi connectivity index (χ1) is 6.76. The summed E-state index contributed by atoms with van der Waals surface area (Å²) in [5, 5.41) is 0. The van der Waals surface area contributed by atoms with Gasteiger partial charge in [0.2, 0.25) is 5.75 Å². The normalized spacial score (nSPS) is 9.36. The van der Waals surface area contributed by atoms with Crippen molar-refractivity contribution in [2.24, 2.45) is 0 Å². The van der Waals surface area contributed by atoms with Crippen LogP contribution in [-0.2, 0) is 0 Å². The van der Waals surface area contributed by atoms with Crippen LogP contribution in [-0.4, -0.2) is 21.3 Å². The summed E-state index contributed by atoms with van der Waals surface area (Å²) in [6.07, 6.45) is 1.73. The fourth-order valence-corrected chi connectivity index (χ4v) is 1.22. The predicted molar refractivity (Wildman–Crippen MR) is 56.2 cm³/mol. The van der Waals surface area contributed by atoms with E-state index >= 15 is 0 Å². The lowest BCUT2D eigenvalue weighted by Gasteiger charge is -2.12. The summed E-state index contributed by atoms with van der Waals surface area (Å²) in [7, 11) is 4.75. The third-order valence-corrected chi connectivity index (χ3v) is 1.92. The van der Waals surface area contributed by atoms with Crippen molar-refractivity contribution in [3.8, 4) is 17.2 Å². The molecule has 0 saturated heterocycles. The zero-order valence-electron chi connectivity index (χ0n) is 8.66. The van der Waals surface area contributed by atoms with Crippen LogP contribution in [0.3, 0.4) is 0 Å². The van der Waals surface area contributed by atoms with E-state index in [-0.39, 0.29) is 0 Å². The lowest BCUT2D eigenvalue weighted by atomic mass is 10.2. The van der Waals surface area contributed by atoms with Crippen molar-refractivity contribution in [2.45, 2.75) is 0 Å². The van der Waals surface area contributed by atoms with E-state index in [0.717, 1.165) is 5.56 Å². The second-order valence-electron chi connectivity index (χ2n) is 2.66. The molecule has 76 valence electrons. The van der Waals surface area contributed by atoms with Gasteiger partial charge < -0.3 is 14.2 Å².